The third-order valence-corrected chi connectivity index (χ3v) is 4.77. The van der Waals surface area contributed by atoms with Crippen LogP contribution >= 0.6 is 0 Å². The van der Waals surface area contributed by atoms with Gasteiger partial charge < -0.3 is 15.4 Å². The zero-order chi connectivity index (χ0) is 19.4. The number of amides is 2. The molecule has 2 saturated heterocycles. The normalized spacial score (nSPS) is 25.2. The summed E-state index contributed by atoms with van der Waals surface area (Å²) in [7, 11) is 1.60. The van der Waals surface area contributed by atoms with E-state index < -0.39 is 0 Å². The van der Waals surface area contributed by atoms with Crippen molar-refractivity contribution in [3.63, 3.8) is 0 Å². The van der Waals surface area contributed by atoms with Crippen LogP contribution in [0.4, 0.5) is 5.69 Å². The van der Waals surface area contributed by atoms with E-state index in [2.05, 4.69) is 45.5 Å². The molecule has 1 aromatic carbocycles. The van der Waals surface area contributed by atoms with Gasteiger partial charge in [-0.15, -0.1) is 0 Å². The highest BCUT2D eigenvalue weighted by Crippen LogP contribution is 2.20. The first-order valence-electron chi connectivity index (χ1n) is 9.23. The Morgan fingerprint density at radius 1 is 1.33 bits per heavy atom. The molecule has 9 nitrogen and oxygen atoms in total. The van der Waals surface area contributed by atoms with Gasteiger partial charge in [0.15, 0.2) is 0 Å². The van der Waals surface area contributed by atoms with Gasteiger partial charge in [0.25, 0.3) is 0 Å². The van der Waals surface area contributed by atoms with Crippen LogP contribution < -0.4 is 31.4 Å². The molecule has 0 bridgehead atoms. The Bertz CT molecular complexity index is 666. The van der Waals surface area contributed by atoms with Gasteiger partial charge in [-0.25, -0.2) is 5.01 Å². The minimum absolute atomic E-state index is 0.00887. The van der Waals surface area contributed by atoms with Crippen molar-refractivity contribution in [2.75, 3.05) is 25.5 Å². The fraction of sp³-hybridized carbons (Fsp3) is 0.556. The number of benzene rings is 1. The highest BCUT2D eigenvalue weighted by molar-refractivity contribution is 5.90. The standard InChI is InChI=1S/C18H28N6O3/c1-11(2)24-16-14(10-20-24)17(26)23-18(22-16)19-9-8-15(25)21-12-4-6-13(27-3)7-5-12/h4-7,11,14,16,18-20,22H,8-10H2,1-3H3,(H,21,25)(H,23,26). The maximum atomic E-state index is 12.3. The van der Waals surface area contributed by atoms with Crippen LogP contribution in [0.3, 0.4) is 0 Å². The number of fused-ring (bicyclic) bond motifs is 1. The fourth-order valence-corrected chi connectivity index (χ4v) is 3.34. The average Bonchev–Trinajstić information content (AvgIpc) is 3.07. The molecule has 5 N–H and O–H groups in total. The number of nitrogens with zero attached hydrogens (tertiary/aromatic N) is 1. The van der Waals surface area contributed by atoms with E-state index in [0.717, 1.165) is 11.4 Å². The molecule has 1 aromatic rings. The van der Waals surface area contributed by atoms with Gasteiger partial charge in [0, 0.05) is 31.2 Å². The number of hydrogen-bond donors (Lipinski definition) is 5. The van der Waals surface area contributed by atoms with Crippen LogP contribution in [0.2, 0.25) is 0 Å². The Morgan fingerprint density at radius 2 is 2.07 bits per heavy atom. The Morgan fingerprint density at radius 3 is 2.74 bits per heavy atom. The van der Waals surface area contributed by atoms with Crippen LogP contribution in [0.1, 0.15) is 20.3 Å². The Hall–Kier alpha value is -2.20. The molecular weight excluding hydrogens is 348 g/mol. The van der Waals surface area contributed by atoms with Crippen molar-refractivity contribution < 1.29 is 14.3 Å². The van der Waals surface area contributed by atoms with Crippen LogP contribution in [0.25, 0.3) is 0 Å². The van der Waals surface area contributed by atoms with Crippen LogP contribution in [-0.4, -0.2) is 55.5 Å². The molecule has 0 aliphatic carbocycles. The van der Waals surface area contributed by atoms with Crippen molar-refractivity contribution >= 4 is 17.5 Å². The number of carbonyl (C=O) groups excluding carboxylic acids is 2. The number of rotatable bonds is 7. The molecule has 0 spiro atoms. The second kappa shape index (κ2) is 8.66. The highest BCUT2D eigenvalue weighted by Gasteiger charge is 2.44. The molecule has 2 aliphatic rings. The molecule has 0 radical (unpaired) electrons. The van der Waals surface area contributed by atoms with E-state index >= 15 is 0 Å². The van der Waals surface area contributed by atoms with Gasteiger partial charge in [0.05, 0.1) is 19.2 Å². The fourth-order valence-electron chi connectivity index (χ4n) is 3.34. The molecule has 9 heteroatoms. The summed E-state index contributed by atoms with van der Waals surface area (Å²) in [5.74, 6) is 0.529. The Balaban J connectivity index is 1.44. The molecule has 2 heterocycles. The molecule has 2 amide bonds. The molecule has 148 valence electrons. The lowest BCUT2D eigenvalue weighted by molar-refractivity contribution is -0.130. The topological polar surface area (TPSA) is 107 Å². The number of hydrogen-bond acceptors (Lipinski definition) is 7. The zero-order valence-electron chi connectivity index (χ0n) is 15.9. The third kappa shape index (κ3) is 4.75. The molecule has 3 atom stereocenters. The predicted octanol–water partition coefficient (Wildman–Crippen LogP) is -0.213. The number of hydrazine groups is 1. The van der Waals surface area contributed by atoms with E-state index in [1.54, 1.807) is 31.4 Å². The number of anilines is 1. The smallest absolute Gasteiger partial charge is 0.229 e. The van der Waals surface area contributed by atoms with Crippen molar-refractivity contribution in [2.24, 2.45) is 5.92 Å². The average molecular weight is 376 g/mol. The molecule has 0 aromatic heterocycles. The van der Waals surface area contributed by atoms with E-state index in [1.165, 1.54) is 0 Å². The highest BCUT2D eigenvalue weighted by atomic mass is 16.5. The van der Waals surface area contributed by atoms with Gasteiger partial charge in [-0.2, -0.15) is 0 Å². The number of ether oxygens (including phenoxy) is 1. The molecule has 3 rings (SSSR count). The first-order chi connectivity index (χ1) is 13.0. The summed E-state index contributed by atoms with van der Waals surface area (Å²) >= 11 is 0. The second-order valence-corrected chi connectivity index (χ2v) is 7.00. The van der Waals surface area contributed by atoms with E-state index in [0.29, 0.717) is 19.5 Å². The number of carbonyl (C=O) groups is 2. The van der Waals surface area contributed by atoms with Crippen LogP contribution in [-0.2, 0) is 9.59 Å². The van der Waals surface area contributed by atoms with Gasteiger partial charge in [0.2, 0.25) is 11.8 Å². The first-order valence-corrected chi connectivity index (χ1v) is 9.23. The summed E-state index contributed by atoms with van der Waals surface area (Å²) in [6, 6.07) is 7.44. The van der Waals surface area contributed by atoms with E-state index in [1.807, 2.05) is 0 Å². The van der Waals surface area contributed by atoms with Crippen molar-refractivity contribution in [3.8, 4) is 5.75 Å². The zero-order valence-corrected chi connectivity index (χ0v) is 15.9. The Kier molecular flexibility index (Phi) is 6.27. The molecule has 2 aliphatic heterocycles. The Labute approximate surface area is 159 Å². The van der Waals surface area contributed by atoms with E-state index in [4.69, 9.17) is 4.74 Å². The van der Waals surface area contributed by atoms with Gasteiger partial charge in [-0.3, -0.25) is 25.6 Å². The maximum absolute atomic E-state index is 12.3. The summed E-state index contributed by atoms with van der Waals surface area (Å²) in [6.07, 6.45) is -0.140. The number of nitrogens with one attached hydrogen (secondary N) is 5. The summed E-state index contributed by atoms with van der Waals surface area (Å²) in [4.78, 5) is 24.4. The minimum Gasteiger partial charge on any atom is -0.497 e. The maximum Gasteiger partial charge on any atom is 0.229 e. The van der Waals surface area contributed by atoms with Gasteiger partial charge in [0.1, 0.15) is 12.0 Å². The van der Waals surface area contributed by atoms with Crippen LogP contribution in [0.15, 0.2) is 24.3 Å². The lowest BCUT2D eigenvalue weighted by atomic mass is 10.0. The summed E-state index contributed by atoms with van der Waals surface area (Å²) in [5.41, 5.74) is 3.99. The van der Waals surface area contributed by atoms with Gasteiger partial charge in [-0.1, -0.05) is 0 Å². The quantitative estimate of drug-likeness (QED) is 0.448. The molecular formula is C18H28N6O3. The van der Waals surface area contributed by atoms with Gasteiger partial charge >= 0.3 is 0 Å². The van der Waals surface area contributed by atoms with Crippen molar-refractivity contribution in [1.82, 2.24) is 26.4 Å². The monoisotopic (exact) mass is 376 g/mol. The lowest BCUT2D eigenvalue weighted by Gasteiger charge is -2.38. The lowest BCUT2D eigenvalue weighted by Crippen LogP contribution is -2.69. The summed E-state index contributed by atoms with van der Waals surface area (Å²) in [5, 5.41) is 14.4. The largest absolute Gasteiger partial charge is 0.497 e. The van der Waals surface area contributed by atoms with Crippen molar-refractivity contribution in [1.29, 1.82) is 0 Å². The van der Waals surface area contributed by atoms with Crippen molar-refractivity contribution in [3.05, 3.63) is 24.3 Å². The summed E-state index contributed by atoms with van der Waals surface area (Å²) in [6.45, 7) is 5.22. The second-order valence-electron chi connectivity index (χ2n) is 7.00. The first kappa shape index (κ1) is 19.6. The third-order valence-electron chi connectivity index (χ3n) is 4.77. The number of methoxy groups -OCH3 is 1. The van der Waals surface area contributed by atoms with E-state index in [-0.39, 0.29) is 36.2 Å². The van der Waals surface area contributed by atoms with Crippen LogP contribution in [0, 0.1) is 5.92 Å². The minimum atomic E-state index is -0.367. The molecule has 0 saturated carbocycles. The molecule has 27 heavy (non-hydrogen) atoms. The SMILES string of the molecule is COc1ccc(NC(=O)CCNC2NC(=O)C3CNN(C(C)C)C3N2)cc1. The summed E-state index contributed by atoms with van der Waals surface area (Å²) < 4.78 is 5.09. The van der Waals surface area contributed by atoms with Crippen molar-refractivity contribution in [2.45, 2.75) is 38.8 Å². The van der Waals surface area contributed by atoms with E-state index in [9.17, 15) is 9.59 Å². The predicted molar refractivity (Wildman–Crippen MR) is 102 cm³/mol. The van der Waals surface area contributed by atoms with Gasteiger partial charge in [-0.05, 0) is 38.1 Å². The molecule has 2 fully saturated rings. The van der Waals surface area contributed by atoms with Crippen LogP contribution in [0.5, 0.6) is 5.75 Å². The molecule has 3 unspecified atom stereocenters.